The third-order valence-corrected chi connectivity index (χ3v) is 3.49. The first-order valence-electron chi connectivity index (χ1n) is 7.03. The van der Waals surface area contributed by atoms with Crippen LogP contribution >= 0.6 is 0 Å². The van der Waals surface area contributed by atoms with Gasteiger partial charge in [-0.25, -0.2) is 4.79 Å². The van der Waals surface area contributed by atoms with Crippen molar-refractivity contribution in [3.05, 3.63) is 41.8 Å². The number of ether oxygens (including phenoxy) is 1. The molecule has 6 nitrogen and oxygen atoms in total. The number of carbonyl (C=O) groups excluding carboxylic acids is 1. The molecule has 1 fully saturated rings. The molecule has 1 aliphatic rings. The Morgan fingerprint density at radius 2 is 2.10 bits per heavy atom. The van der Waals surface area contributed by atoms with Gasteiger partial charge < -0.3 is 14.5 Å². The number of benzene rings is 1. The zero-order valence-electron chi connectivity index (χ0n) is 11.8. The number of nitrogens with zero attached hydrogens (tertiary/aromatic N) is 2. The summed E-state index contributed by atoms with van der Waals surface area (Å²) in [7, 11) is 0. The molecule has 0 saturated heterocycles. The molecule has 0 radical (unpaired) electrons. The number of esters is 1. The molecular weight excluding hydrogens is 270 g/mol. The maximum atomic E-state index is 11.5. The lowest BCUT2D eigenvalue weighted by Crippen LogP contribution is -2.24. The van der Waals surface area contributed by atoms with Crippen LogP contribution < -0.4 is 5.32 Å². The largest absolute Gasteiger partial charge is 0.459 e. The molecule has 1 aromatic heterocycles. The fourth-order valence-electron chi connectivity index (χ4n) is 2.26. The maximum Gasteiger partial charge on any atom is 0.396 e. The van der Waals surface area contributed by atoms with Gasteiger partial charge >= 0.3 is 17.9 Å². The number of rotatable bonds is 6. The molecule has 1 saturated carbocycles. The summed E-state index contributed by atoms with van der Waals surface area (Å²) in [5.74, 6) is -0.708. The van der Waals surface area contributed by atoms with Crippen LogP contribution in [0.15, 0.2) is 34.7 Å². The van der Waals surface area contributed by atoms with Gasteiger partial charge in [0.1, 0.15) is 0 Å². The van der Waals surface area contributed by atoms with E-state index in [1.165, 1.54) is 5.56 Å². The number of carbonyl (C=O) groups is 1. The average molecular weight is 287 g/mol. The first kappa shape index (κ1) is 13.6. The normalized spacial score (nSPS) is 15.5. The number of anilines is 1. The Morgan fingerprint density at radius 1 is 1.33 bits per heavy atom. The van der Waals surface area contributed by atoms with E-state index in [0.29, 0.717) is 0 Å². The van der Waals surface area contributed by atoms with Crippen LogP contribution in [0.4, 0.5) is 6.01 Å². The zero-order valence-corrected chi connectivity index (χ0v) is 11.8. The van der Waals surface area contributed by atoms with Crippen LogP contribution in [0.3, 0.4) is 0 Å². The fraction of sp³-hybridized carbons (Fsp3) is 0.400. The van der Waals surface area contributed by atoms with E-state index in [1.54, 1.807) is 6.92 Å². The molecule has 1 aromatic carbocycles. The van der Waals surface area contributed by atoms with E-state index in [4.69, 9.17) is 9.15 Å². The van der Waals surface area contributed by atoms with Crippen molar-refractivity contribution in [2.45, 2.75) is 31.7 Å². The van der Waals surface area contributed by atoms with Crippen LogP contribution in [-0.4, -0.2) is 28.3 Å². The molecule has 21 heavy (non-hydrogen) atoms. The molecule has 0 bridgehead atoms. The van der Waals surface area contributed by atoms with Crippen molar-refractivity contribution < 1.29 is 13.9 Å². The van der Waals surface area contributed by atoms with Crippen LogP contribution in [0.25, 0.3) is 0 Å². The van der Waals surface area contributed by atoms with Crippen molar-refractivity contribution in [1.29, 1.82) is 0 Å². The molecular formula is C15H17N3O3. The molecule has 0 spiro atoms. The summed E-state index contributed by atoms with van der Waals surface area (Å²) in [6, 6.07) is 10.5. The summed E-state index contributed by atoms with van der Waals surface area (Å²) in [6.45, 7) is 2.01. The lowest BCUT2D eigenvalue weighted by atomic mass is 10.0. The lowest BCUT2D eigenvalue weighted by Gasteiger charge is -2.15. The lowest BCUT2D eigenvalue weighted by molar-refractivity contribution is 0.0481. The predicted octanol–water partition coefficient (Wildman–Crippen LogP) is 2.43. The van der Waals surface area contributed by atoms with E-state index >= 15 is 0 Å². The molecule has 0 amide bonds. The predicted molar refractivity (Wildman–Crippen MR) is 76.0 cm³/mol. The minimum Gasteiger partial charge on any atom is -0.459 e. The summed E-state index contributed by atoms with van der Waals surface area (Å²) in [6.07, 6.45) is 2.98. The second-order valence-corrected chi connectivity index (χ2v) is 5.20. The Balaban J connectivity index is 1.65. The monoisotopic (exact) mass is 287 g/mol. The first-order chi connectivity index (χ1) is 10.2. The Labute approximate surface area is 122 Å². The van der Waals surface area contributed by atoms with Crippen molar-refractivity contribution in [3.8, 4) is 0 Å². The third-order valence-electron chi connectivity index (χ3n) is 3.49. The third kappa shape index (κ3) is 3.21. The van der Waals surface area contributed by atoms with Gasteiger partial charge in [-0.1, -0.05) is 40.5 Å². The number of aromatic nitrogens is 2. The average Bonchev–Trinajstić information content (AvgIpc) is 3.06. The number of nitrogens with one attached hydrogen (secondary N) is 1. The van der Waals surface area contributed by atoms with Gasteiger partial charge in [0.15, 0.2) is 0 Å². The van der Waals surface area contributed by atoms with E-state index in [0.717, 1.165) is 19.3 Å². The molecule has 0 unspecified atom stereocenters. The second-order valence-electron chi connectivity index (χ2n) is 5.20. The van der Waals surface area contributed by atoms with E-state index in [2.05, 4.69) is 27.6 Å². The summed E-state index contributed by atoms with van der Waals surface area (Å²) in [4.78, 5) is 11.5. The molecule has 2 aromatic rings. The summed E-state index contributed by atoms with van der Waals surface area (Å²) >= 11 is 0. The van der Waals surface area contributed by atoms with Crippen LogP contribution in [0.2, 0.25) is 0 Å². The molecule has 1 aliphatic carbocycles. The minimum absolute atomic E-state index is 0.0418. The topological polar surface area (TPSA) is 77.2 Å². The quantitative estimate of drug-likeness (QED) is 0.822. The molecule has 1 heterocycles. The highest BCUT2D eigenvalue weighted by Crippen LogP contribution is 2.41. The molecule has 0 aliphatic heterocycles. The maximum absolute atomic E-state index is 11.5. The van der Waals surface area contributed by atoms with Gasteiger partial charge in [-0.2, -0.15) is 0 Å². The highest BCUT2D eigenvalue weighted by atomic mass is 16.5. The van der Waals surface area contributed by atoms with Crippen LogP contribution in [0, 0.1) is 0 Å². The summed E-state index contributed by atoms with van der Waals surface area (Å²) < 4.78 is 10.1. The van der Waals surface area contributed by atoms with Crippen molar-refractivity contribution in [3.63, 3.8) is 0 Å². The van der Waals surface area contributed by atoms with E-state index < -0.39 is 5.97 Å². The summed E-state index contributed by atoms with van der Waals surface area (Å²) in [5, 5.41) is 10.8. The SMILES string of the molecule is CCOC(=O)c1nnc(NC2(Cc3ccccc3)CC2)o1. The van der Waals surface area contributed by atoms with Gasteiger partial charge in [-0.15, -0.1) is 0 Å². The zero-order chi connectivity index (χ0) is 14.7. The van der Waals surface area contributed by atoms with Crippen molar-refractivity contribution >= 4 is 12.0 Å². The molecule has 0 atom stereocenters. The Hall–Kier alpha value is -2.37. The van der Waals surface area contributed by atoms with E-state index in [1.807, 2.05) is 18.2 Å². The highest BCUT2D eigenvalue weighted by molar-refractivity contribution is 5.84. The van der Waals surface area contributed by atoms with Crippen molar-refractivity contribution in [1.82, 2.24) is 10.2 Å². The van der Waals surface area contributed by atoms with Gasteiger partial charge in [0.2, 0.25) is 0 Å². The Bertz CT molecular complexity index is 620. The first-order valence-corrected chi connectivity index (χ1v) is 7.03. The number of hydrogen-bond donors (Lipinski definition) is 1. The standard InChI is InChI=1S/C15H17N3O3/c1-2-20-13(19)12-17-18-14(21-12)16-15(8-9-15)10-11-6-4-3-5-7-11/h3-7H,2,8-10H2,1H3,(H,16,18). The minimum atomic E-state index is -0.592. The summed E-state index contributed by atoms with van der Waals surface area (Å²) in [5.41, 5.74) is 1.22. The van der Waals surface area contributed by atoms with Gasteiger partial charge in [0.25, 0.3) is 0 Å². The fourth-order valence-corrected chi connectivity index (χ4v) is 2.26. The van der Waals surface area contributed by atoms with Crippen LogP contribution in [-0.2, 0) is 11.2 Å². The van der Waals surface area contributed by atoms with Gasteiger partial charge in [-0.3, -0.25) is 0 Å². The van der Waals surface area contributed by atoms with Crippen LogP contribution in [0.5, 0.6) is 0 Å². The van der Waals surface area contributed by atoms with E-state index in [-0.39, 0.29) is 24.1 Å². The molecule has 3 rings (SSSR count). The highest BCUT2D eigenvalue weighted by Gasteiger charge is 2.44. The Kier molecular flexibility index (Phi) is 3.60. The molecule has 110 valence electrons. The second kappa shape index (κ2) is 5.55. The van der Waals surface area contributed by atoms with Crippen molar-refractivity contribution in [2.75, 3.05) is 11.9 Å². The molecule has 1 N–H and O–H groups in total. The van der Waals surface area contributed by atoms with E-state index in [9.17, 15) is 4.79 Å². The van der Waals surface area contributed by atoms with Gasteiger partial charge in [0, 0.05) is 5.54 Å². The van der Waals surface area contributed by atoms with Gasteiger partial charge in [-0.05, 0) is 31.7 Å². The number of hydrogen-bond acceptors (Lipinski definition) is 6. The Morgan fingerprint density at radius 3 is 2.76 bits per heavy atom. The van der Waals surface area contributed by atoms with Gasteiger partial charge in [0.05, 0.1) is 6.61 Å². The molecule has 6 heteroatoms. The van der Waals surface area contributed by atoms with Crippen LogP contribution in [0.1, 0.15) is 36.0 Å². The smallest absolute Gasteiger partial charge is 0.396 e. The van der Waals surface area contributed by atoms with Crippen molar-refractivity contribution in [2.24, 2.45) is 0 Å².